The van der Waals surface area contributed by atoms with Crippen molar-refractivity contribution in [1.82, 2.24) is 4.57 Å². The number of carbonyl (C=O) groups excluding carboxylic acids is 3. The Morgan fingerprint density at radius 3 is 2.00 bits per heavy atom. The Hall–Kier alpha value is -2.89. The van der Waals surface area contributed by atoms with Gasteiger partial charge in [0.25, 0.3) is 0 Å². The van der Waals surface area contributed by atoms with Gasteiger partial charge in [0, 0.05) is 11.9 Å². The highest BCUT2D eigenvalue weighted by atomic mass is 16.5. The smallest absolute Gasteiger partial charge is 0.327 e. The first-order valence-corrected chi connectivity index (χ1v) is 7.77. The number of rotatable bonds is 6. The maximum atomic E-state index is 13.0. The Labute approximate surface area is 146 Å². The molecule has 0 radical (unpaired) electrons. The minimum absolute atomic E-state index is 0.598. The first kappa shape index (κ1) is 18.4. The van der Waals surface area contributed by atoms with Crippen LogP contribution in [0.2, 0.25) is 0 Å². The van der Waals surface area contributed by atoms with Crippen LogP contribution >= 0.6 is 0 Å². The molecule has 0 fully saturated rings. The monoisotopic (exact) mass is 343 g/mol. The molecule has 0 bridgehead atoms. The molecule has 0 atom stereocenters. The van der Waals surface area contributed by atoms with Gasteiger partial charge in [0.2, 0.25) is 5.92 Å². The number of hydrogen-bond acceptors (Lipinski definition) is 5. The number of esters is 2. The summed E-state index contributed by atoms with van der Waals surface area (Å²) in [5.41, 5.74) is 0.551. The number of Topliss-reactive ketones (excluding diaryl/α,β-unsaturated/α-hetero) is 1. The van der Waals surface area contributed by atoms with Crippen LogP contribution in [0, 0.1) is 5.92 Å². The highest BCUT2D eigenvalue weighted by molar-refractivity contribution is 6.17. The predicted octanol–water partition coefficient (Wildman–Crippen LogP) is 2.42. The fraction of sp³-hybridized carbons (Fsp3) is 0.316. The summed E-state index contributed by atoms with van der Waals surface area (Å²) in [6.07, 6.45) is 1.74. The number of benzene rings is 1. The number of aromatic nitrogens is 1. The molecule has 0 aliphatic heterocycles. The highest BCUT2D eigenvalue weighted by Gasteiger charge is 2.45. The molecule has 0 N–H and O–H groups in total. The molecule has 0 saturated heterocycles. The van der Waals surface area contributed by atoms with Crippen molar-refractivity contribution >= 4 is 17.7 Å². The first-order valence-electron chi connectivity index (χ1n) is 7.77. The topological polar surface area (TPSA) is 74.6 Å². The van der Waals surface area contributed by atoms with Crippen LogP contribution in [0.1, 0.15) is 13.8 Å². The molecule has 0 unspecified atom stereocenters. The van der Waals surface area contributed by atoms with Crippen LogP contribution in [0.3, 0.4) is 0 Å². The maximum absolute atomic E-state index is 13.0. The van der Waals surface area contributed by atoms with Crippen LogP contribution in [0.15, 0.2) is 48.7 Å². The van der Waals surface area contributed by atoms with E-state index in [1.807, 2.05) is 42.5 Å². The third kappa shape index (κ3) is 3.47. The number of ether oxygens (including phenoxy) is 2. The van der Waals surface area contributed by atoms with Crippen molar-refractivity contribution in [3.05, 3.63) is 48.7 Å². The van der Waals surface area contributed by atoms with Crippen LogP contribution in [-0.2, 0) is 29.4 Å². The predicted molar refractivity (Wildman–Crippen MR) is 91.7 cm³/mol. The van der Waals surface area contributed by atoms with E-state index in [-0.39, 0.29) is 0 Å². The number of hydrogen-bond donors (Lipinski definition) is 0. The van der Waals surface area contributed by atoms with Gasteiger partial charge >= 0.3 is 11.9 Å². The molecule has 2 aromatic rings. The summed E-state index contributed by atoms with van der Waals surface area (Å²) in [5, 5.41) is 0. The van der Waals surface area contributed by atoms with E-state index in [0.29, 0.717) is 0 Å². The molecule has 0 aliphatic carbocycles. The third-order valence-electron chi connectivity index (χ3n) is 4.16. The van der Waals surface area contributed by atoms with Gasteiger partial charge < -0.3 is 14.0 Å². The average molecular weight is 343 g/mol. The van der Waals surface area contributed by atoms with Crippen LogP contribution < -0.4 is 0 Å². The van der Waals surface area contributed by atoms with Crippen molar-refractivity contribution in [2.75, 3.05) is 14.2 Å². The second-order valence-corrected chi connectivity index (χ2v) is 6.03. The zero-order chi connectivity index (χ0) is 18.6. The van der Waals surface area contributed by atoms with Crippen molar-refractivity contribution in [3.8, 4) is 11.3 Å². The largest absolute Gasteiger partial charge is 0.468 e. The zero-order valence-corrected chi connectivity index (χ0v) is 14.7. The Balaban J connectivity index is 2.48. The van der Waals surface area contributed by atoms with E-state index < -0.39 is 29.2 Å². The third-order valence-corrected chi connectivity index (χ3v) is 4.16. The first-order chi connectivity index (χ1) is 11.8. The average Bonchev–Trinajstić information content (AvgIpc) is 3.12. The van der Waals surface area contributed by atoms with Crippen molar-refractivity contribution in [2.24, 2.45) is 5.92 Å². The standard InChI is InChI=1S/C19H21NO5/c1-19(2,16(21)15(17(22)24-3)18(23)25-4)20-12-8-11-14(20)13-9-6-5-7-10-13/h5-12,15H,1-4H3. The van der Waals surface area contributed by atoms with E-state index >= 15 is 0 Å². The van der Waals surface area contributed by atoms with Gasteiger partial charge in [0.05, 0.1) is 19.8 Å². The van der Waals surface area contributed by atoms with Gasteiger partial charge in [-0.1, -0.05) is 30.3 Å². The van der Waals surface area contributed by atoms with Crippen LogP contribution in [-0.4, -0.2) is 36.5 Å². The van der Waals surface area contributed by atoms with Gasteiger partial charge in [-0.2, -0.15) is 0 Å². The Kier molecular flexibility index (Phi) is 5.41. The molecule has 1 aromatic carbocycles. The molecule has 0 spiro atoms. The van der Waals surface area contributed by atoms with Crippen LogP contribution in [0.5, 0.6) is 0 Å². The lowest BCUT2D eigenvalue weighted by molar-refractivity contribution is -0.163. The fourth-order valence-corrected chi connectivity index (χ4v) is 2.73. The minimum atomic E-state index is -1.63. The van der Waals surface area contributed by atoms with Gasteiger partial charge in [0.15, 0.2) is 5.78 Å². The Bertz CT molecular complexity index is 760. The molecule has 0 aliphatic rings. The lowest BCUT2D eigenvalue weighted by atomic mass is 9.87. The van der Waals surface area contributed by atoms with E-state index in [1.165, 1.54) is 0 Å². The van der Waals surface area contributed by atoms with Crippen LogP contribution in [0.25, 0.3) is 11.3 Å². The zero-order valence-electron chi connectivity index (χ0n) is 14.7. The quantitative estimate of drug-likeness (QED) is 0.595. The highest BCUT2D eigenvalue weighted by Crippen LogP contribution is 2.30. The molecule has 1 aromatic heterocycles. The summed E-state index contributed by atoms with van der Waals surface area (Å²) >= 11 is 0. The van der Waals surface area contributed by atoms with Crippen molar-refractivity contribution in [2.45, 2.75) is 19.4 Å². The summed E-state index contributed by atoms with van der Waals surface area (Å²) in [6.45, 7) is 3.31. The van der Waals surface area contributed by atoms with E-state index in [2.05, 4.69) is 9.47 Å². The lowest BCUT2D eigenvalue weighted by Gasteiger charge is -2.30. The SMILES string of the molecule is COC(=O)C(C(=O)OC)C(=O)C(C)(C)n1cccc1-c1ccccc1. The van der Waals surface area contributed by atoms with Gasteiger partial charge in [-0.25, -0.2) is 0 Å². The molecule has 6 heteroatoms. The molecular formula is C19H21NO5. The number of ketones is 1. The summed E-state index contributed by atoms with van der Waals surface area (Å²) < 4.78 is 11.0. The lowest BCUT2D eigenvalue weighted by Crippen LogP contribution is -2.46. The Morgan fingerprint density at radius 1 is 0.920 bits per heavy atom. The number of carbonyl (C=O) groups is 3. The molecule has 0 amide bonds. The molecule has 1 heterocycles. The van der Waals surface area contributed by atoms with Crippen LogP contribution in [0.4, 0.5) is 0 Å². The maximum Gasteiger partial charge on any atom is 0.327 e. The second-order valence-electron chi connectivity index (χ2n) is 6.03. The molecule has 2 rings (SSSR count). The molecule has 0 saturated carbocycles. The number of nitrogens with zero attached hydrogens (tertiary/aromatic N) is 1. The van der Waals surface area contributed by atoms with E-state index in [4.69, 9.17) is 0 Å². The minimum Gasteiger partial charge on any atom is -0.468 e. The van der Waals surface area contributed by atoms with Crippen molar-refractivity contribution < 1.29 is 23.9 Å². The van der Waals surface area contributed by atoms with Gasteiger partial charge in [0.1, 0.15) is 0 Å². The molecular weight excluding hydrogens is 322 g/mol. The van der Waals surface area contributed by atoms with Crippen molar-refractivity contribution in [1.29, 1.82) is 0 Å². The molecule has 6 nitrogen and oxygen atoms in total. The van der Waals surface area contributed by atoms with E-state index in [9.17, 15) is 14.4 Å². The second kappa shape index (κ2) is 7.34. The summed E-state index contributed by atoms with van der Waals surface area (Å²) in [7, 11) is 2.26. The van der Waals surface area contributed by atoms with Gasteiger partial charge in [-0.15, -0.1) is 0 Å². The normalized spacial score (nSPS) is 11.2. The summed E-state index contributed by atoms with van der Waals surface area (Å²) in [4.78, 5) is 37.0. The van der Waals surface area contributed by atoms with Gasteiger partial charge in [-0.05, 0) is 31.5 Å². The van der Waals surface area contributed by atoms with E-state index in [0.717, 1.165) is 25.5 Å². The number of methoxy groups -OCH3 is 2. The Morgan fingerprint density at radius 2 is 1.48 bits per heavy atom. The summed E-state index contributed by atoms with van der Waals surface area (Å²) in [6, 6.07) is 13.2. The molecule has 132 valence electrons. The fourth-order valence-electron chi connectivity index (χ4n) is 2.73. The van der Waals surface area contributed by atoms with Gasteiger partial charge in [-0.3, -0.25) is 14.4 Å². The van der Waals surface area contributed by atoms with Crippen molar-refractivity contribution in [3.63, 3.8) is 0 Å². The molecule has 25 heavy (non-hydrogen) atoms. The summed E-state index contributed by atoms with van der Waals surface area (Å²) in [5.74, 6) is -4.09. The van der Waals surface area contributed by atoms with E-state index in [1.54, 1.807) is 24.6 Å².